The summed E-state index contributed by atoms with van der Waals surface area (Å²) in [5.41, 5.74) is 0.729. The van der Waals surface area contributed by atoms with E-state index in [0.717, 1.165) is 18.4 Å². The van der Waals surface area contributed by atoms with Crippen LogP contribution >= 0.6 is 0 Å². The van der Waals surface area contributed by atoms with Gasteiger partial charge in [-0.1, -0.05) is 12.1 Å². The molecule has 9 nitrogen and oxygen atoms in total. The average molecular weight is 429 g/mol. The molecule has 2 fully saturated rings. The Kier molecular flexibility index (Phi) is 6.39. The number of ether oxygens (including phenoxy) is 2. The zero-order valence-corrected chi connectivity index (χ0v) is 17.4. The molecule has 0 saturated carbocycles. The van der Waals surface area contributed by atoms with E-state index in [-0.39, 0.29) is 37.5 Å². The van der Waals surface area contributed by atoms with E-state index in [1.165, 1.54) is 9.80 Å². The zero-order chi connectivity index (χ0) is 21.8. The Bertz CT molecular complexity index is 873. The van der Waals surface area contributed by atoms with E-state index < -0.39 is 18.1 Å². The van der Waals surface area contributed by atoms with Gasteiger partial charge in [0, 0.05) is 13.1 Å². The number of rotatable bonds is 0. The van der Waals surface area contributed by atoms with Gasteiger partial charge in [0.2, 0.25) is 11.8 Å². The van der Waals surface area contributed by atoms with Gasteiger partial charge in [0.15, 0.2) is 6.61 Å². The van der Waals surface area contributed by atoms with E-state index in [9.17, 15) is 19.2 Å². The van der Waals surface area contributed by atoms with Crippen molar-refractivity contribution in [3.8, 4) is 5.75 Å². The van der Waals surface area contributed by atoms with E-state index in [4.69, 9.17) is 9.47 Å². The van der Waals surface area contributed by atoms with Gasteiger partial charge < -0.3 is 24.6 Å². The number of esters is 1. The molecular formula is C22H27N3O6. The van der Waals surface area contributed by atoms with Crippen molar-refractivity contribution in [2.75, 3.05) is 26.2 Å². The molecule has 9 heteroatoms. The maximum Gasteiger partial charge on any atom is 0.329 e. The molecule has 2 unspecified atom stereocenters. The minimum Gasteiger partial charge on any atom is -0.484 e. The van der Waals surface area contributed by atoms with Crippen molar-refractivity contribution in [3.05, 3.63) is 29.8 Å². The van der Waals surface area contributed by atoms with Crippen LogP contribution in [-0.4, -0.2) is 71.8 Å². The second kappa shape index (κ2) is 9.36. The van der Waals surface area contributed by atoms with Crippen LogP contribution in [0.15, 0.2) is 24.3 Å². The molecule has 0 spiro atoms. The fourth-order valence-electron chi connectivity index (χ4n) is 4.40. The van der Waals surface area contributed by atoms with Crippen molar-refractivity contribution >= 4 is 23.7 Å². The summed E-state index contributed by atoms with van der Waals surface area (Å²) in [4.78, 5) is 53.9. The Morgan fingerprint density at radius 1 is 0.839 bits per heavy atom. The molecule has 1 aromatic carbocycles. The number of carbonyl (C=O) groups is 4. The predicted octanol–water partition coefficient (Wildman–Crippen LogP) is 0.611. The highest BCUT2D eigenvalue weighted by atomic mass is 16.5. The van der Waals surface area contributed by atoms with Gasteiger partial charge in [0.25, 0.3) is 5.91 Å². The van der Waals surface area contributed by atoms with Crippen LogP contribution in [0.2, 0.25) is 0 Å². The van der Waals surface area contributed by atoms with Crippen LogP contribution < -0.4 is 10.1 Å². The van der Waals surface area contributed by atoms with Crippen molar-refractivity contribution in [2.45, 2.75) is 50.8 Å². The number of nitrogens with zero attached hydrogens (tertiary/aromatic N) is 2. The summed E-state index contributed by atoms with van der Waals surface area (Å²) in [7, 11) is 0. The summed E-state index contributed by atoms with van der Waals surface area (Å²) in [6, 6.07) is 5.74. The molecule has 3 aliphatic heterocycles. The van der Waals surface area contributed by atoms with Crippen LogP contribution in [0.1, 0.15) is 37.7 Å². The Labute approximate surface area is 180 Å². The molecule has 2 saturated heterocycles. The molecule has 2 atom stereocenters. The summed E-state index contributed by atoms with van der Waals surface area (Å²) in [6.07, 6.45) is 3.42. The van der Waals surface area contributed by atoms with Crippen LogP contribution in [0.5, 0.6) is 5.75 Å². The Morgan fingerprint density at radius 2 is 1.61 bits per heavy atom. The van der Waals surface area contributed by atoms with Crippen molar-refractivity contribution in [1.29, 1.82) is 0 Å². The van der Waals surface area contributed by atoms with Crippen molar-refractivity contribution < 1.29 is 28.7 Å². The van der Waals surface area contributed by atoms with Gasteiger partial charge in [0.1, 0.15) is 24.4 Å². The van der Waals surface area contributed by atoms with E-state index in [0.29, 0.717) is 38.1 Å². The van der Waals surface area contributed by atoms with Crippen LogP contribution in [-0.2, 0) is 30.5 Å². The highest BCUT2D eigenvalue weighted by molar-refractivity contribution is 5.92. The molecule has 31 heavy (non-hydrogen) atoms. The minimum atomic E-state index is -0.655. The van der Waals surface area contributed by atoms with Crippen LogP contribution in [0, 0.1) is 0 Å². The first-order valence-corrected chi connectivity index (χ1v) is 10.8. The first kappa shape index (κ1) is 21.1. The topological polar surface area (TPSA) is 105 Å². The minimum absolute atomic E-state index is 0.0491. The predicted molar refractivity (Wildman–Crippen MR) is 109 cm³/mol. The number of fused-ring (bicyclic) bond motifs is 4. The van der Waals surface area contributed by atoms with Crippen LogP contribution in [0.3, 0.4) is 0 Å². The summed E-state index contributed by atoms with van der Waals surface area (Å²) >= 11 is 0. The van der Waals surface area contributed by atoms with Gasteiger partial charge in [-0.15, -0.1) is 0 Å². The number of hydrogen-bond donors (Lipinski definition) is 1. The number of nitrogens with one attached hydrogen (secondary N) is 1. The molecule has 1 aromatic rings. The summed E-state index contributed by atoms with van der Waals surface area (Å²) < 4.78 is 11.1. The normalized spacial score (nSPS) is 25.7. The first-order chi connectivity index (χ1) is 15.0. The fraction of sp³-hybridized carbons (Fsp3) is 0.545. The molecule has 1 N–H and O–H groups in total. The van der Waals surface area contributed by atoms with Crippen LogP contribution in [0.25, 0.3) is 0 Å². The van der Waals surface area contributed by atoms with Crippen LogP contribution in [0.4, 0.5) is 0 Å². The second-order valence-corrected chi connectivity index (χ2v) is 8.11. The number of cyclic esters (lactones) is 1. The van der Waals surface area contributed by atoms with E-state index in [1.807, 2.05) is 0 Å². The fourth-order valence-corrected chi connectivity index (χ4v) is 4.40. The lowest BCUT2D eigenvalue weighted by atomic mass is 10.0. The van der Waals surface area contributed by atoms with Gasteiger partial charge in [-0.3, -0.25) is 14.4 Å². The smallest absolute Gasteiger partial charge is 0.329 e. The molecule has 3 amide bonds. The van der Waals surface area contributed by atoms with Crippen molar-refractivity contribution in [2.24, 2.45) is 0 Å². The summed E-state index contributed by atoms with van der Waals surface area (Å²) in [6.45, 7) is 0.574. The lowest BCUT2D eigenvalue weighted by Crippen LogP contribution is -2.53. The lowest BCUT2D eigenvalue weighted by Gasteiger charge is -2.34. The largest absolute Gasteiger partial charge is 0.484 e. The molecule has 3 aliphatic rings. The SMILES string of the molecule is O=C1NCC(=O)N2CCCCC2C(=O)OCc2cccc(c2)OCC(=O)N2CCCC12. The maximum atomic E-state index is 12.8. The third kappa shape index (κ3) is 4.81. The molecule has 0 radical (unpaired) electrons. The van der Waals surface area contributed by atoms with Gasteiger partial charge in [-0.05, 0) is 49.8 Å². The molecule has 2 bridgehead atoms. The maximum absolute atomic E-state index is 12.8. The monoisotopic (exact) mass is 429 g/mol. The Hall–Kier alpha value is -3.10. The Balaban J connectivity index is 1.57. The highest BCUT2D eigenvalue weighted by Crippen LogP contribution is 2.22. The molecular weight excluding hydrogens is 402 g/mol. The average Bonchev–Trinajstić information content (AvgIpc) is 3.29. The lowest BCUT2D eigenvalue weighted by molar-refractivity contribution is -0.158. The van der Waals surface area contributed by atoms with Gasteiger partial charge in [-0.2, -0.15) is 0 Å². The van der Waals surface area contributed by atoms with Gasteiger partial charge in [-0.25, -0.2) is 4.79 Å². The standard InChI is InChI=1S/C22H27N3O6/c26-19-12-23-21(28)17-8-4-10-24(17)20(27)14-30-16-6-3-5-15(11-16)13-31-22(29)18-7-1-2-9-25(18)19/h3,5-6,11,17-18H,1-2,4,7-10,12-14H2,(H,23,28). The molecule has 166 valence electrons. The summed E-state index contributed by atoms with van der Waals surface area (Å²) in [5, 5.41) is 2.65. The van der Waals surface area contributed by atoms with E-state index in [1.54, 1.807) is 24.3 Å². The number of amides is 3. The molecule has 0 aromatic heterocycles. The van der Waals surface area contributed by atoms with Crippen molar-refractivity contribution in [3.63, 3.8) is 0 Å². The number of hydrogen-bond acceptors (Lipinski definition) is 6. The number of carbonyl (C=O) groups excluding carboxylic acids is 4. The van der Waals surface area contributed by atoms with Crippen molar-refractivity contribution in [1.82, 2.24) is 15.1 Å². The van der Waals surface area contributed by atoms with Gasteiger partial charge in [0.05, 0.1) is 6.54 Å². The van der Waals surface area contributed by atoms with Gasteiger partial charge >= 0.3 is 5.97 Å². The quantitative estimate of drug-likeness (QED) is 0.606. The van der Waals surface area contributed by atoms with E-state index in [2.05, 4.69) is 5.32 Å². The first-order valence-electron chi connectivity index (χ1n) is 10.8. The third-order valence-corrected chi connectivity index (χ3v) is 6.03. The van der Waals surface area contributed by atoms with E-state index >= 15 is 0 Å². The second-order valence-electron chi connectivity index (χ2n) is 8.11. The molecule has 0 aliphatic carbocycles. The molecule has 4 rings (SSSR count). The molecule has 3 heterocycles. The zero-order valence-electron chi connectivity index (χ0n) is 17.4. The number of benzene rings is 1. The third-order valence-electron chi connectivity index (χ3n) is 6.03. The number of piperidine rings is 1. The highest BCUT2D eigenvalue weighted by Gasteiger charge is 2.36. The summed E-state index contributed by atoms with van der Waals surface area (Å²) in [5.74, 6) is -0.920. The Morgan fingerprint density at radius 3 is 2.48 bits per heavy atom.